The lowest BCUT2D eigenvalue weighted by molar-refractivity contribution is -0.145. The Kier molecular flexibility index (Phi) is 7.42. The molecule has 0 aromatic heterocycles. The fourth-order valence-electron chi connectivity index (χ4n) is 2.31. The molecule has 0 fully saturated rings. The summed E-state index contributed by atoms with van der Waals surface area (Å²) in [6, 6.07) is 6.20. The fraction of sp³-hybridized carbons (Fsp3) is 0.500. The van der Waals surface area contributed by atoms with Crippen LogP contribution in [-0.4, -0.2) is 37.0 Å². The molecule has 2 N–H and O–H groups in total. The number of esters is 1. The van der Waals surface area contributed by atoms with Crippen LogP contribution in [0.25, 0.3) is 0 Å². The van der Waals surface area contributed by atoms with Crippen LogP contribution < -0.4 is 10.6 Å². The second-order valence-corrected chi connectivity index (χ2v) is 6.20. The summed E-state index contributed by atoms with van der Waals surface area (Å²) in [5, 5.41) is 5.30. The molecule has 0 aliphatic rings. The molecule has 0 bridgehead atoms. The Morgan fingerprint density at radius 1 is 1.08 bits per heavy atom. The van der Waals surface area contributed by atoms with E-state index in [1.807, 2.05) is 45.0 Å². The zero-order valence-electron chi connectivity index (χ0n) is 14.9. The monoisotopic (exact) mass is 334 g/mol. The summed E-state index contributed by atoms with van der Waals surface area (Å²) in [6.45, 7) is 6.98. The summed E-state index contributed by atoms with van der Waals surface area (Å²) in [5.41, 5.74) is 2.03. The molecule has 6 heteroatoms. The van der Waals surface area contributed by atoms with Gasteiger partial charge in [0.1, 0.15) is 12.1 Å². The first-order chi connectivity index (χ1) is 11.2. The van der Waals surface area contributed by atoms with Gasteiger partial charge in [-0.15, -0.1) is 0 Å². The minimum absolute atomic E-state index is 0.105. The van der Waals surface area contributed by atoms with Crippen molar-refractivity contribution in [2.24, 2.45) is 5.92 Å². The number of nitrogens with one attached hydrogen (secondary N) is 2. The number of rotatable bonds is 7. The summed E-state index contributed by atoms with van der Waals surface area (Å²) in [5.74, 6) is -1.32. The third-order valence-electron chi connectivity index (χ3n) is 3.67. The van der Waals surface area contributed by atoms with Crippen LogP contribution in [0, 0.1) is 12.8 Å². The van der Waals surface area contributed by atoms with Gasteiger partial charge in [-0.3, -0.25) is 9.59 Å². The minimum Gasteiger partial charge on any atom is -0.467 e. The second-order valence-electron chi connectivity index (χ2n) is 6.20. The lowest BCUT2D eigenvalue weighted by atomic mass is 10.0. The number of benzene rings is 1. The molecule has 1 aromatic carbocycles. The van der Waals surface area contributed by atoms with Crippen molar-refractivity contribution in [1.29, 1.82) is 0 Å². The van der Waals surface area contributed by atoms with Gasteiger partial charge in [0.25, 0.3) is 0 Å². The third-order valence-corrected chi connectivity index (χ3v) is 3.67. The lowest BCUT2D eigenvalue weighted by Gasteiger charge is -2.24. The first kappa shape index (κ1) is 19.7. The Hall–Kier alpha value is -2.37. The Labute approximate surface area is 143 Å². The van der Waals surface area contributed by atoms with E-state index in [0.717, 1.165) is 11.1 Å². The predicted molar refractivity (Wildman–Crippen MR) is 91.3 cm³/mol. The van der Waals surface area contributed by atoms with Crippen molar-refractivity contribution in [3.8, 4) is 0 Å². The number of ether oxygens (including phenoxy) is 1. The second kappa shape index (κ2) is 9.05. The van der Waals surface area contributed by atoms with Gasteiger partial charge < -0.3 is 15.4 Å². The molecule has 2 atom stereocenters. The topological polar surface area (TPSA) is 84.5 Å². The number of aryl methyl sites for hydroxylation is 1. The largest absolute Gasteiger partial charge is 0.467 e. The fourth-order valence-corrected chi connectivity index (χ4v) is 2.31. The molecule has 2 amide bonds. The van der Waals surface area contributed by atoms with Crippen LogP contribution in [0.5, 0.6) is 0 Å². The molecule has 0 aliphatic carbocycles. The Morgan fingerprint density at radius 2 is 1.67 bits per heavy atom. The van der Waals surface area contributed by atoms with Gasteiger partial charge in [0.15, 0.2) is 0 Å². The maximum absolute atomic E-state index is 12.5. The van der Waals surface area contributed by atoms with Crippen molar-refractivity contribution in [3.63, 3.8) is 0 Å². The highest BCUT2D eigenvalue weighted by molar-refractivity contribution is 5.90. The average molecular weight is 334 g/mol. The third kappa shape index (κ3) is 6.02. The summed E-state index contributed by atoms with van der Waals surface area (Å²) < 4.78 is 4.79. The minimum atomic E-state index is -0.805. The highest BCUT2D eigenvalue weighted by Gasteiger charge is 2.28. The van der Waals surface area contributed by atoms with Crippen LogP contribution in [0.2, 0.25) is 0 Å². The van der Waals surface area contributed by atoms with Crippen molar-refractivity contribution < 1.29 is 19.1 Å². The highest BCUT2D eigenvalue weighted by Crippen LogP contribution is 2.09. The lowest BCUT2D eigenvalue weighted by Crippen LogP contribution is -2.54. The summed E-state index contributed by atoms with van der Waals surface area (Å²) >= 11 is 0. The molecular weight excluding hydrogens is 308 g/mol. The van der Waals surface area contributed by atoms with Gasteiger partial charge in [-0.1, -0.05) is 43.7 Å². The summed E-state index contributed by atoms with van der Waals surface area (Å²) in [4.78, 5) is 35.7. The molecule has 0 radical (unpaired) electrons. The van der Waals surface area contributed by atoms with E-state index in [4.69, 9.17) is 4.74 Å². The number of amides is 2. The molecule has 1 aromatic rings. The number of hydrogen-bond donors (Lipinski definition) is 2. The number of carbonyl (C=O) groups excluding carboxylic acids is 3. The van der Waals surface area contributed by atoms with Gasteiger partial charge in [0.05, 0.1) is 7.11 Å². The Balaban J connectivity index is 2.88. The van der Waals surface area contributed by atoms with Crippen LogP contribution >= 0.6 is 0 Å². The number of methoxy groups -OCH3 is 1. The molecule has 0 aliphatic heterocycles. The first-order valence-corrected chi connectivity index (χ1v) is 7.95. The van der Waals surface area contributed by atoms with E-state index in [2.05, 4.69) is 10.6 Å². The predicted octanol–water partition coefficient (Wildman–Crippen LogP) is 1.36. The van der Waals surface area contributed by atoms with Gasteiger partial charge in [0, 0.05) is 13.3 Å². The van der Waals surface area contributed by atoms with E-state index in [0.29, 0.717) is 6.42 Å². The van der Waals surface area contributed by atoms with E-state index >= 15 is 0 Å². The van der Waals surface area contributed by atoms with E-state index in [1.165, 1.54) is 14.0 Å². The number of carbonyl (C=O) groups is 3. The van der Waals surface area contributed by atoms with Crippen molar-refractivity contribution in [1.82, 2.24) is 10.6 Å². The molecule has 0 unspecified atom stereocenters. The molecule has 0 heterocycles. The molecule has 0 saturated carbocycles. The molecule has 6 nitrogen and oxygen atoms in total. The smallest absolute Gasteiger partial charge is 0.328 e. The van der Waals surface area contributed by atoms with E-state index in [9.17, 15) is 14.4 Å². The van der Waals surface area contributed by atoms with E-state index in [1.54, 1.807) is 0 Å². The normalized spacial score (nSPS) is 13.1. The van der Waals surface area contributed by atoms with Crippen LogP contribution in [-0.2, 0) is 25.5 Å². The van der Waals surface area contributed by atoms with E-state index in [-0.39, 0.29) is 11.8 Å². The molecule has 24 heavy (non-hydrogen) atoms. The SMILES string of the molecule is COC(=O)[C@H](Cc1ccc(C)cc1)NC(=O)[C@H](NC(C)=O)C(C)C. The van der Waals surface area contributed by atoms with Crippen LogP contribution in [0.1, 0.15) is 31.9 Å². The highest BCUT2D eigenvalue weighted by atomic mass is 16.5. The van der Waals surface area contributed by atoms with Crippen LogP contribution in [0.3, 0.4) is 0 Å². The zero-order chi connectivity index (χ0) is 18.3. The van der Waals surface area contributed by atoms with Gasteiger partial charge in [-0.05, 0) is 18.4 Å². The van der Waals surface area contributed by atoms with Gasteiger partial charge >= 0.3 is 5.97 Å². The summed E-state index contributed by atoms with van der Waals surface area (Å²) in [7, 11) is 1.28. The summed E-state index contributed by atoms with van der Waals surface area (Å²) in [6.07, 6.45) is 0.323. The molecule has 1 rings (SSSR count). The van der Waals surface area contributed by atoms with Crippen LogP contribution in [0.15, 0.2) is 24.3 Å². The molecule has 0 saturated heterocycles. The van der Waals surface area contributed by atoms with Crippen molar-refractivity contribution in [3.05, 3.63) is 35.4 Å². The van der Waals surface area contributed by atoms with Gasteiger partial charge in [0.2, 0.25) is 11.8 Å². The maximum atomic E-state index is 12.5. The standard InChI is InChI=1S/C18H26N2O4/c1-11(2)16(19-13(4)21)17(22)20-15(18(23)24-5)10-14-8-6-12(3)7-9-14/h6-9,11,15-16H,10H2,1-5H3,(H,19,21)(H,20,22)/t15-,16+/m0/s1. The van der Waals surface area contributed by atoms with E-state index < -0.39 is 24.0 Å². The number of hydrogen-bond acceptors (Lipinski definition) is 4. The molecular formula is C18H26N2O4. The zero-order valence-corrected chi connectivity index (χ0v) is 14.9. The average Bonchev–Trinajstić information content (AvgIpc) is 2.52. The maximum Gasteiger partial charge on any atom is 0.328 e. The van der Waals surface area contributed by atoms with Crippen molar-refractivity contribution >= 4 is 17.8 Å². The Bertz CT molecular complexity index is 581. The van der Waals surface area contributed by atoms with Crippen molar-refractivity contribution in [2.45, 2.75) is 46.2 Å². The Morgan fingerprint density at radius 3 is 2.12 bits per heavy atom. The van der Waals surface area contributed by atoms with Crippen LogP contribution in [0.4, 0.5) is 0 Å². The first-order valence-electron chi connectivity index (χ1n) is 7.95. The van der Waals surface area contributed by atoms with Gasteiger partial charge in [-0.25, -0.2) is 4.79 Å². The molecule has 132 valence electrons. The van der Waals surface area contributed by atoms with Gasteiger partial charge in [-0.2, -0.15) is 0 Å². The van der Waals surface area contributed by atoms with Crippen molar-refractivity contribution in [2.75, 3.05) is 7.11 Å². The quantitative estimate of drug-likeness (QED) is 0.737. The molecule has 0 spiro atoms.